The molecule has 0 saturated heterocycles. The van der Waals surface area contributed by atoms with E-state index in [0.717, 1.165) is 20.4 Å². The summed E-state index contributed by atoms with van der Waals surface area (Å²) < 4.78 is 5.60. The van der Waals surface area contributed by atoms with Gasteiger partial charge in [-0.05, 0) is 35.7 Å². The molecule has 4 rings (SSSR count). The summed E-state index contributed by atoms with van der Waals surface area (Å²) in [4.78, 5) is 15.4. The minimum Gasteiger partial charge on any atom is -0.410 e. The molecule has 0 atom stereocenters. The highest BCUT2D eigenvalue weighted by molar-refractivity contribution is 8.00. The molecule has 140 valence electrons. The molecule has 2 heterocycles. The Bertz CT molecular complexity index is 1050. The van der Waals surface area contributed by atoms with Crippen LogP contribution in [0.2, 0.25) is 0 Å². The van der Waals surface area contributed by atoms with E-state index in [2.05, 4.69) is 15.5 Å². The van der Waals surface area contributed by atoms with Crippen LogP contribution in [0.4, 0.5) is 5.69 Å². The van der Waals surface area contributed by atoms with Crippen molar-refractivity contribution in [2.24, 2.45) is 0 Å². The van der Waals surface area contributed by atoms with Crippen LogP contribution in [0.1, 0.15) is 0 Å². The molecule has 28 heavy (non-hydrogen) atoms. The smallest absolute Gasteiger partial charge is 0.277 e. The average Bonchev–Trinajstić information content (AvgIpc) is 3.40. The van der Waals surface area contributed by atoms with Crippen LogP contribution >= 0.6 is 34.9 Å². The van der Waals surface area contributed by atoms with Crippen molar-refractivity contribution in [2.45, 2.75) is 15.0 Å². The highest BCUT2D eigenvalue weighted by Crippen LogP contribution is 2.33. The fourth-order valence-electron chi connectivity index (χ4n) is 2.36. The van der Waals surface area contributed by atoms with Gasteiger partial charge in [-0.1, -0.05) is 59.9 Å². The third-order valence-electron chi connectivity index (χ3n) is 3.60. The van der Waals surface area contributed by atoms with E-state index in [0.29, 0.717) is 11.1 Å². The fraction of sp³-hybridized carbons (Fsp3) is 0.0500. The molecule has 1 N–H and O–H groups in total. The Morgan fingerprint density at radius 3 is 2.64 bits per heavy atom. The molecule has 0 bridgehead atoms. The van der Waals surface area contributed by atoms with Crippen molar-refractivity contribution in [1.29, 1.82) is 0 Å². The maximum Gasteiger partial charge on any atom is 0.277 e. The number of hydrogen-bond acceptors (Lipinski definition) is 7. The van der Waals surface area contributed by atoms with Crippen LogP contribution in [0.25, 0.3) is 10.8 Å². The summed E-state index contributed by atoms with van der Waals surface area (Å²) in [5.41, 5.74) is 0.784. The molecular weight excluding hydrogens is 410 g/mol. The average molecular weight is 426 g/mol. The van der Waals surface area contributed by atoms with E-state index in [1.54, 1.807) is 11.8 Å². The molecule has 0 unspecified atom stereocenters. The Balaban J connectivity index is 1.36. The Kier molecular flexibility index (Phi) is 6.11. The van der Waals surface area contributed by atoms with Crippen LogP contribution in [-0.4, -0.2) is 21.9 Å². The van der Waals surface area contributed by atoms with Gasteiger partial charge in [0, 0.05) is 9.79 Å². The predicted molar refractivity (Wildman–Crippen MR) is 114 cm³/mol. The second kappa shape index (κ2) is 9.09. The van der Waals surface area contributed by atoms with Gasteiger partial charge in [-0.25, -0.2) is 0 Å². The molecule has 0 spiro atoms. The number of nitrogens with zero attached hydrogens (tertiary/aromatic N) is 2. The van der Waals surface area contributed by atoms with Crippen molar-refractivity contribution < 1.29 is 9.21 Å². The first-order valence-electron chi connectivity index (χ1n) is 8.40. The molecule has 5 nitrogen and oxygen atoms in total. The van der Waals surface area contributed by atoms with Crippen molar-refractivity contribution in [3.8, 4) is 10.8 Å². The molecular formula is C20H15N3O2S3. The maximum absolute atomic E-state index is 12.4. The number of thiophene rings is 1. The van der Waals surface area contributed by atoms with E-state index in [-0.39, 0.29) is 11.7 Å². The lowest BCUT2D eigenvalue weighted by atomic mass is 10.3. The second-order valence-corrected chi connectivity index (χ2v) is 8.59. The molecule has 2 aromatic heterocycles. The van der Waals surface area contributed by atoms with Crippen LogP contribution < -0.4 is 5.32 Å². The van der Waals surface area contributed by atoms with Gasteiger partial charge in [-0.3, -0.25) is 4.79 Å². The van der Waals surface area contributed by atoms with Crippen LogP contribution in [0, 0.1) is 0 Å². The van der Waals surface area contributed by atoms with Gasteiger partial charge in [0.15, 0.2) is 0 Å². The van der Waals surface area contributed by atoms with E-state index in [9.17, 15) is 4.79 Å². The summed E-state index contributed by atoms with van der Waals surface area (Å²) in [5.74, 6) is 0.542. The molecule has 0 fully saturated rings. The highest BCUT2D eigenvalue weighted by atomic mass is 32.2. The first kappa shape index (κ1) is 18.8. The third-order valence-corrected chi connectivity index (χ3v) is 6.36. The summed E-state index contributed by atoms with van der Waals surface area (Å²) in [6.45, 7) is 0. The first-order chi connectivity index (χ1) is 13.8. The quantitative estimate of drug-likeness (QED) is 0.384. The van der Waals surface area contributed by atoms with E-state index < -0.39 is 0 Å². The van der Waals surface area contributed by atoms with Gasteiger partial charge in [0.1, 0.15) is 0 Å². The Labute approximate surface area is 174 Å². The van der Waals surface area contributed by atoms with Crippen molar-refractivity contribution in [3.05, 3.63) is 72.1 Å². The van der Waals surface area contributed by atoms with Gasteiger partial charge in [0.05, 0.1) is 16.3 Å². The number of anilines is 1. The summed E-state index contributed by atoms with van der Waals surface area (Å²) in [5, 5.41) is 13.3. The van der Waals surface area contributed by atoms with Crippen molar-refractivity contribution in [1.82, 2.24) is 10.2 Å². The van der Waals surface area contributed by atoms with Crippen molar-refractivity contribution in [3.63, 3.8) is 0 Å². The normalized spacial score (nSPS) is 10.7. The zero-order chi connectivity index (χ0) is 19.2. The largest absolute Gasteiger partial charge is 0.410 e. The standard InChI is InChI=1S/C20H15N3O2S3/c24-18(13-27-20-23-22-19(25-20)17-11-6-12-26-17)21-15-9-4-5-10-16(15)28-14-7-2-1-3-8-14/h1-12H,13H2,(H,21,24). The molecule has 1 amide bonds. The minimum atomic E-state index is -0.123. The molecule has 0 aliphatic rings. The Morgan fingerprint density at radius 2 is 1.82 bits per heavy atom. The van der Waals surface area contributed by atoms with E-state index in [1.165, 1.54) is 23.1 Å². The number of thioether (sulfide) groups is 1. The van der Waals surface area contributed by atoms with Crippen LogP contribution in [0.5, 0.6) is 0 Å². The number of para-hydroxylation sites is 1. The summed E-state index contributed by atoms with van der Waals surface area (Å²) >= 11 is 4.36. The zero-order valence-corrected chi connectivity index (χ0v) is 17.0. The number of amides is 1. The van der Waals surface area contributed by atoms with E-state index in [1.807, 2.05) is 72.1 Å². The second-order valence-electron chi connectivity index (χ2n) is 5.60. The zero-order valence-electron chi connectivity index (χ0n) is 14.6. The van der Waals surface area contributed by atoms with Gasteiger partial charge < -0.3 is 9.73 Å². The van der Waals surface area contributed by atoms with Gasteiger partial charge in [-0.2, -0.15) is 0 Å². The first-order valence-corrected chi connectivity index (χ1v) is 11.1. The number of carbonyl (C=O) groups excluding carboxylic acids is 1. The lowest BCUT2D eigenvalue weighted by Gasteiger charge is -2.10. The Hall–Kier alpha value is -2.55. The number of carbonyl (C=O) groups is 1. The highest BCUT2D eigenvalue weighted by Gasteiger charge is 2.13. The van der Waals surface area contributed by atoms with E-state index >= 15 is 0 Å². The van der Waals surface area contributed by atoms with Gasteiger partial charge >= 0.3 is 0 Å². The van der Waals surface area contributed by atoms with Crippen molar-refractivity contribution in [2.75, 3.05) is 11.1 Å². The van der Waals surface area contributed by atoms with Gasteiger partial charge in [0.2, 0.25) is 5.91 Å². The molecule has 2 aromatic carbocycles. The lowest BCUT2D eigenvalue weighted by Crippen LogP contribution is -2.14. The monoisotopic (exact) mass is 425 g/mol. The lowest BCUT2D eigenvalue weighted by molar-refractivity contribution is -0.113. The molecule has 0 aliphatic carbocycles. The van der Waals surface area contributed by atoms with E-state index in [4.69, 9.17) is 4.42 Å². The number of hydrogen-bond donors (Lipinski definition) is 1. The molecule has 0 aliphatic heterocycles. The number of benzene rings is 2. The topological polar surface area (TPSA) is 68.0 Å². The third kappa shape index (κ3) is 4.83. The summed E-state index contributed by atoms with van der Waals surface area (Å²) in [7, 11) is 0. The molecule has 0 saturated carbocycles. The Morgan fingerprint density at radius 1 is 1.00 bits per heavy atom. The number of rotatable bonds is 7. The number of aromatic nitrogens is 2. The number of nitrogens with one attached hydrogen (secondary N) is 1. The minimum absolute atomic E-state index is 0.123. The SMILES string of the molecule is O=C(CSc1nnc(-c2cccs2)o1)Nc1ccccc1Sc1ccccc1. The van der Waals surface area contributed by atoms with Gasteiger partial charge in [0.25, 0.3) is 11.1 Å². The van der Waals surface area contributed by atoms with Crippen LogP contribution in [-0.2, 0) is 4.79 Å². The van der Waals surface area contributed by atoms with Crippen LogP contribution in [0.15, 0.2) is 91.5 Å². The molecule has 0 radical (unpaired) electrons. The molecule has 4 aromatic rings. The van der Waals surface area contributed by atoms with Crippen LogP contribution in [0.3, 0.4) is 0 Å². The van der Waals surface area contributed by atoms with Gasteiger partial charge in [-0.15, -0.1) is 21.5 Å². The summed E-state index contributed by atoms with van der Waals surface area (Å²) in [6.07, 6.45) is 0. The fourth-order valence-corrected chi connectivity index (χ4v) is 4.49. The summed E-state index contributed by atoms with van der Waals surface area (Å²) in [6, 6.07) is 21.7. The molecule has 8 heteroatoms. The van der Waals surface area contributed by atoms with Crippen molar-refractivity contribution >= 4 is 46.5 Å². The maximum atomic E-state index is 12.4. The predicted octanol–water partition coefficient (Wildman–Crippen LogP) is 5.68.